The zero-order valence-corrected chi connectivity index (χ0v) is 37.4. The minimum absolute atomic E-state index is 0. The van der Waals surface area contributed by atoms with Gasteiger partial charge in [0.25, 0.3) is 0 Å². The van der Waals surface area contributed by atoms with E-state index in [9.17, 15) is 9.90 Å². The molecule has 0 spiro atoms. The zero-order valence-electron chi connectivity index (χ0n) is 35.0. The van der Waals surface area contributed by atoms with Gasteiger partial charge in [-0.05, 0) is 84.7 Å². The smallest absolute Gasteiger partial charge is 0.219 e. The summed E-state index contributed by atoms with van der Waals surface area (Å²) in [7, 11) is 0. The van der Waals surface area contributed by atoms with Gasteiger partial charge in [-0.2, -0.15) is 0 Å². The molecule has 6 heteroatoms. The topological polar surface area (TPSA) is 76.5 Å². The van der Waals surface area contributed by atoms with Crippen molar-refractivity contribution < 1.29 is 38.8 Å². The molecule has 0 aliphatic rings. The van der Waals surface area contributed by atoms with Crippen LogP contribution in [-0.4, -0.2) is 15.9 Å². The summed E-state index contributed by atoms with van der Waals surface area (Å²) in [6, 6.07) is 23.0. The fourth-order valence-electron chi connectivity index (χ4n) is 7.08. The number of rotatable bonds is 11. The van der Waals surface area contributed by atoms with Crippen molar-refractivity contribution in [2.24, 2.45) is 16.7 Å². The predicted molar refractivity (Wildman–Crippen MR) is 226 cm³/mol. The van der Waals surface area contributed by atoms with Crippen LogP contribution in [0.2, 0.25) is 0 Å². The van der Waals surface area contributed by atoms with Gasteiger partial charge in [0.1, 0.15) is 11.3 Å². The van der Waals surface area contributed by atoms with Crippen LogP contribution in [0.5, 0.6) is 0 Å². The maximum Gasteiger partial charge on any atom is 0.219 e. The third-order valence-corrected chi connectivity index (χ3v) is 11.8. The number of carbonyl (C=O) groups excluding carboxylic acids is 1. The number of nitrogens with zero attached hydrogens (tertiary/aromatic N) is 1. The molecule has 1 N–H and O–H groups in total. The van der Waals surface area contributed by atoms with E-state index >= 15 is 0 Å². The molecule has 55 heavy (non-hydrogen) atoms. The van der Waals surface area contributed by atoms with Gasteiger partial charge in [-0.1, -0.05) is 117 Å². The van der Waals surface area contributed by atoms with E-state index in [0.717, 1.165) is 76.4 Å². The van der Waals surface area contributed by atoms with Crippen LogP contribution in [0.4, 0.5) is 0 Å². The first-order valence-corrected chi connectivity index (χ1v) is 19.8. The molecule has 1 radical (unpaired) electrons. The van der Waals surface area contributed by atoms with Crippen molar-refractivity contribution in [2.45, 2.75) is 121 Å². The quantitative estimate of drug-likeness (QED) is 0.0796. The molecule has 0 amide bonds. The molecule has 0 unspecified atom stereocenters. The standard InChI is InChI=1S/C34H32NO2.C15H28O2.Ir/c1-20(2)13-25-19-36-31-12-11-23(15-27(25)31)28-17-30(35-33-32(28)21(3)18-37-33)24-14-22-9-7-8-10-26(22)29(16-24)34(4,5)6;1-7-14(5,8-2)12(16)11-13(17)15(6,9-3)10-4;/h7-12,15-20H,13H2,1-6H3;11,16H,7-10H2,1-6H3;/q-1;;/b;12-11-;. The minimum atomic E-state index is -0.337. The van der Waals surface area contributed by atoms with Crippen molar-refractivity contribution in [1.82, 2.24) is 4.98 Å². The molecule has 3 aromatic heterocycles. The number of furan rings is 2. The molecule has 0 saturated carbocycles. The largest absolute Gasteiger partial charge is 0.512 e. The van der Waals surface area contributed by atoms with Crippen LogP contribution in [0.25, 0.3) is 55.2 Å². The Balaban J connectivity index is 0.000000320. The van der Waals surface area contributed by atoms with E-state index in [4.69, 9.17) is 13.8 Å². The second-order valence-electron chi connectivity index (χ2n) is 17.0. The van der Waals surface area contributed by atoms with E-state index in [2.05, 4.69) is 102 Å². The number of aliphatic hydroxyl groups is 1. The molecule has 6 aromatic rings. The van der Waals surface area contributed by atoms with Crippen LogP contribution >= 0.6 is 0 Å². The van der Waals surface area contributed by atoms with E-state index in [0.29, 0.717) is 11.6 Å². The van der Waals surface area contributed by atoms with E-state index in [-0.39, 0.29) is 47.9 Å². The third-order valence-electron chi connectivity index (χ3n) is 11.8. The van der Waals surface area contributed by atoms with E-state index in [1.165, 1.54) is 28.0 Å². The number of aromatic nitrogens is 1. The molecular weight excluding hydrogens is 859 g/mol. The third kappa shape index (κ3) is 9.19. The van der Waals surface area contributed by atoms with Gasteiger partial charge in [-0.15, -0.1) is 29.1 Å². The van der Waals surface area contributed by atoms with E-state index < -0.39 is 0 Å². The van der Waals surface area contributed by atoms with Gasteiger partial charge in [0.2, 0.25) is 5.71 Å². The molecule has 0 aliphatic heterocycles. The monoisotopic (exact) mass is 919 g/mol. The summed E-state index contributed by atoms with van der Waals surface area (Å²) >= 11 is 0. The Kier molecular flexibility index (Phi) is 13.9. The molecule has 295 valence electrons. The second kappa shape index (κ2) is 17.4. The Morgan fingerprint density at radius 2 is 1.51 bits per heavy atom. The number of ketones is 1. The van der Waals surface area contributed by atoms with Gasteiger partial charge < -0.3 is 13.9 Å². The number of aliphatic hydroxyl groups excluding tert-OH is 1. The fraction of sp³-hybridized carbons (Fsp3) is 0.429. The van der Waals surface area contributed by atoms with Crippen LogP contribution in [0.1, 0.15) is 119 Å². The zero-order chi connectivity index (χ0) is 39.6. The molecule has 0 atom stereocenters. The Labute approximate surface area is 342 Å². The first-order valence-electron chi connectivity index (χ1n) is 19.8. The van der Waals surface area contributed by atoms with Gasteiger partial charge in [-0.25, -0.2) is 0 Å². The van der Waals surface area contributed by atoms with Crippen molar-refractivity contribution in [3.8, 4) is 22.4 Å². The molecule has 0 saturated heterocycles. The summed E-state index contributed by atoms with van der Waals surface area (Å²) in [5, 5.41) is 14.7. The van der Waals surface area contributed by atoms with Crippen LogP contribution in [0.15, 0.2) is 87.8 Å². The number of hydrogen-bond donors (Lipinski definition) is 1. The molecule has 6 rings (SSSR count). The normalized spacial score (nSPS) is 12.6. The van der Waals surface area contributed by atoms with Crippen molar-refractivity contribution in [2.75, 3.05) is 0 Å². The Hall–Kier alpha value is -3.99. The second-order valence-corrected chi connectivity index (χ2v) is 17.0. The number of benzene rings is 3. The average molecular weight is 919 g/mol. The summed E-state index contributed by atoms with van der Waals surface area (Å²) < 4.78 is 11.8. The molecule has 0 bridgehead atoms. The van der Waals surface area contributed by atoms with E-state index in [1.54, 1.807) is 6.26 Å². The minimum Gasteiger partial charge on any atom is -0.512 e. The van der Waals surface area contributed by atoms with Crippen LogP contribution in [-0.2, 0) is 36.7 Å². The van der Waals surface area contributed by atoms with Crippen molar-refractivity contribution >= 4 is 38.6 Å². The average Bonchev–Trinajstić information content (AvgIpc) is 3.74. The molecular formula is C49H60IrNO4-. The summed E-state index contributed by atoms with van der Waals surface area (Å²) in [4.78, 5) is 17.2. The van der Waals surface area contributed by atoms with Crippen LogP contribution in [0, 0.1) is 29.7 Å². The molecule has 3 aromatic carbocycles. The van der Waals surface area contributed by atoms with E-state index in [1.807, 2.05) is 47.8 Å². The number of fused-ring (bicyclic) bond motifs is 3. The maximum atomic E-state index is 12.2. The van der Waals surface area contributed by atoms with Gasteiger partial charge in [-0.3, -0.25) is 9.78 Å². The number of allylic oxidation sites excluding steroid dienone is 2. The molecule has 5 nitrogen and oxygen atoms in total. The molecule has 0 aliphatic carbocycles. The van der Waals surface area contributed by atoms with Gasteiger partial charge >= 0.3 is 0 Å². The Bertz CT molecular complexity index is 2290. The SMILES string of the molecule is CCC(C)(CC)C(=O)/C=C(\O)C(C)(CC)CC.Cc1coc2nc(-c3[c-]c4ccccc4c(C(C)(C)C)c3)cc(-c3ccc4occ(CC(C)C)c4c3)c12.[Ir]. The number of aryl methyl sites for hydroxylation is 1. The molecule has 0 fully saturated rings. The van der Waals surface area contributed by atoms with Crippen LogP contribution < -0.4 is 0 Å². The van der Waals surface area contributed by atoms with Gasteiger partial charge in [0, 0.05) is 53.5 Å². The van der Waals surface area contributed by atoms with Crippen LogP contribution in [0.3, 0.4) is 0 Å². The van der Waals surface area contributed by atoms with Gasteiger partial charge in [0.05, 0.1) is 12.5 Å². The maximum absolute atomic E-state index is 12.2. The first-order chi connectivity index (χ1) is 25.5. The van der Waals surface area contributed by atoms with Crippen molar-refractivity contribution in [1.29, 1.82) is 0 Å². The first kappa shape index (κ1) is 43.7. The van der Waals surface area contributed by atoms with Gasteiger partial charge in [0.15, 0.2) is 5.78 Å². The molecule has 3 heterocycles. The number of carbonyl (C=O) groups is 1. The fourth-order valence-corrected chi connectivity index (χ4v) is 7.08. The number of pyridine rings is 1. The van der Waals surface area contributed by atoms with Crippen molar-refractivity contribution in [3.05, 3.63) is 102 Å². The summed E-state index contributed by atoms with van der Waals surface area (Å²) in [6.45, 7) is 25.4. The summed E-state index contributed by atoms with van der Waals surface area (Å²) in [5.41, 5.74) is 8.66. The summed E-state index contributed by atoms with van der Waals surface area (Å²) in [6.07, 6.45) is 9.45. The Morgan fingerprint density at radius 3 is 2.13 bits per heavy atom. The van der Waals surface area contributed by atoms with Crippen molar-refractivity contribution in [3.63, 3.8) is 0 Å². The predicted octanol–water partition coefficient (Wildman–Crippen LogP) is 14.3. The Morgan fingerprint density at radius 1 is 0.855 bits per heavy atom. The number of hydrogen-bond acceptors (Lipinski definition) is 5. The summed E-state index contributed by atoms with van der Waals surface area (Å²) in [5.74, 6) is 0.842.